The van der Waals surface area contributed by atoms with E-state index in [9.17, 15) is 4.79 Å². The smallest absolute Gasteiger partial charge is 0.322 e. The summed E-state index contributed by atoms with van der Waals surface area (Å²) in [6.07, 6.45) is 3.44. The normalized spacial score (nSPS) is 15.3. The van der Waals surface area contributed by atoms with E-state index in [0.29, 0.717) is 0 Å². The topological polar surface area (TPSA) is 81.1 Å². The lowest BCUT2D eigenvalue weighted by Crippen LogP contribution is -2.38. The van der Waals surface area contributed by atoms with Gasteiger partial charge >= 0.3 is 5.97 Å². The number of nitrogens with two attached hydrogens (primary N) is 1. The lowest BCUT2D eigenvalue weighted by Gasteiger charge is -2.15. The number of aryl methyl sites for hydroxylation is 1. The zero-order valence-electron chi connectivity index (χ0n) is 7.64. The minimum absolute atomic E-state index is 0.328. The van der Waals surface area contributed by atoms with Crippen LogP contribution in [0.2, 0.25) is 0 Å². The first-order valence-electron chi connectivity index (χ1n) is 4.01. The minimum Gasteiger partial charge on any atom is -0.480 e. The Balaban J connectivity index is 2.78. The van der Waals surface area contributed by atoms with E-state index in [0.717, 1.165) is 5.56 Å². The first-order chi connectivity index (χ1) is 6.02. The summed E-state index contributed by atoms with van der Waals surface area (Å²) in [4.78, 5) is 10.6. The van der Waals surface area contributed by atoms with Gasteiger partial charge < -0.3 is 10.8 Å². The van der Waals surface area contributed by atoms with E-state index < -0.39 is 12.0 Å². The summed E-state index contributed by atoms with van der Waals surface area (Å²) in [6.45, 7) is 3.62. The van der Waals surface area contributed by atoms with Gasteiger partial charge in [0.05, 0.1) is 12.2 Å². The quantitative estimate of drug-likeness (QED) is 0.699. The second-order valence-corrected chi connectivity index (χ2v) is 3.10. The summed E-state index contributed by atoms with van der Waals surface area (Å²) in [7, 11) is 0. The van der Waals surface area contributed by atoms with Gasteiger partial charge in [-0.25, -0.2) is 0 Å². The van der Waals surface area contributed by atoms with Crippen LogP contribution in [0.3, 0.4) is 0 Å². The van der Waals surface area contributed by atoms with Crippen LogP contribution in [0.1, 0.15) is 18.5 Å². The molecule has 0 bridgehead atoms. The molecule has 3 N–H and O–H groups in total. The number of aromatic nitrogens is 2. The number of carboxylic acid groups (broad SMARTS) is 1. The fourth-order valence-electron chi connectivity index (χ4n) is 1.03. The molecule has 0 aliphatic carbocycles. The average molecular weight is 183 g/mol. The molecule has 0 radical (unpaired) electrons. The van der Waals surface area contributed by atoms with E-state index in [4.69, 9.17) is 10.8 Å². The van der Waals surface area contributed by atoms with Crippen molar-refractivity contribution < 1.29 is 9.90 Å². The van der Waals surface area contributed by atoms with E-state index >= 15 is 0 Å². The third-order valence-corrected chi connectivity index (χ3v) is 1.95. The molecular formula is C8H13N3O2. The highest BCUT2D eigenvalue weighted by atomic mass is 16.4. The molecule has 72 valence electrons. The summed E-state index contributed by atoms with van der Waals surface area (Å²) >= 11 is 0. The molecule has 5 nitrogen and oxygen atoms in total. The minimum atomic E-state index is -1.01. The Morgan fingerprint density at radius 3 is 2.77 bits per heavy atom. The fourth-order valence-corrected chi connectivity index (χ4v) is 1.03. The van der Waals surface area contributed by atoms with Gasteiger partial charge in [-0.1, -0.05) is 0 Å². The SMILES string of the molecule is Cc1cnn(C(C)C(N)C(=O)O)c1. The lowest BCUT2D eigenvalue weighted by molar-refractivity contribution is -0.139. The highest BCUT2D eigenvalue weighted by molar-refractivity contribution is 5.73. The first kappa shape index (κ1) is 9.73. The Hall–Kier alpha value is -1.36. The molecule has 13 heavy (non-hydrogen) atoms. The van der Waals surface area contributed by atoms with Crippen molar-refractivity contribution >= 4 is 5.97 Å². The van der Waals surface area contributed by atoms with E-state index in [1.165, 1.54) is 0 Å². The number of hydrogen-bond donors (Lipinski definition) is 2. The van der Waals surface area contributed by atoms with E-state index in [1.807, 2.05) is 6.92 Å². The fraction of sp³-hybridized carbons (Fsp3) is 0.500. The number of aliphatic carboxylic acids is 1. The molecule has 2 atom stereocenters. The van der Waals surface area contributed by atoms with Crippen molar-refractivity contribution in [2.45, 2.75) is 25.9 Å². The van der Waals surface area contributed by atoms with Gasteiger partial charge in [0.2, 0.25) is 0 Å². The number of nitrogens with zero attached hydrogens (tertiary/aromatic N) is 2. The summed E-state index contributed by atoms with van der Waals surface area (Å²) in [5, 5.41) is 12.6. The third kappa shape index (κ3) is 2.06. The Morgan fingerprint density at radius 1 is 1.77 bits per heavy atom. The standard InChI is InChI=1S/C8H13N3O2/c1-5-3-10-11(4-5)6(2)7(9)8(12)13/h3-4,6-7H,9H2,1-2H3,(H,12,13). The van der Waals surface area contributed by atoms with Gasteiger partial charge in [0.15, 0.2) is 0 Å². The van der Waals surface area contributed by atoms with Gasteiger partial charge in [0, 0.05) is 6.20 Å². The lowest BCUT2D eigenvalue weighted by atomic mass is 10.1. The largest absolute Gasteiger partial charge is 0.480 e. The highest BCUT2D eigenvalue weighted by Gasteiger charge is 2.21. The molecule has 0 amide bonds. The van der Waals surface area contributed by atoms with Crippen molar-refractivity contribution in [1.82, 2.24) is 9.78 Å². The maximum absolute atomic E-state index is 10.6. The molecule has 0 saturated heterocycles. The predicted molar refractivity (Wildman–Crippen MR) is 47.3 cm³/mol. The van der Waals surface area contributed by atoms with Gasteiger partial charge in [0.25, 0.3) is 0 Å². The van der Waals surface area contributed by atoms with Crippen molar-refractivity contribution in [3.05, 3.63) is 18.0 Å². The van der Waals surface area contributed by atoms with Gasteiger partial charge in [-0.3, -0.25) is 9.48 Å². The van der Waals surface area contributed by atoms with Crippen molar-refractivity contribution in [3.8, 4) is 0 Å². The van der Waals surface area contributed by atoms with Gasteiger partial charge in [-0.2, -0.15) is 5.10 Å². The van der Waals surface area contributed by atoms with Crippen molar-refractivity contribution in [1.29, 1.82) is 0 Å². The van der Waals surface area contributed by atoms with Crippen LogP contribution in [0, 0.1) is 6.92 Å². The molecule has 1 heterocycles. The number of rotatable bonds is 3. The second kappa shape index (κ2) is 3.57. The highest BCUT2D eigenvalue weighted by Crippen LogP contribution is 2.09. The first-order valence-corrected chi connectivity index (χ1v) is 4.01. The van der Waals surface area contributed by atoms with E-state index in [2.05, 4.69) is 5.10 Å². The predicted octanol–water partition coefficient (Wildman–Crippen LogP) is 0.164. The zero-order chi connectivity index (χ0) is 10.0. The summed E-state index contributed by atoms with van der Waals surface area (Å²) in [5.41, 5.74) is 6.43. The van der Waals surface area contributed by atoms with Gasteiger partial charge in [-0.05, 0) is 19.4 Å². The second-order valence-electron chi connectivity index (χ2n) is 3.10. The Bertz CT molecular complexity index is 308. The Labute approximate surface area is 76.2 Å². The molecule has 2 unspecified atom stereocenters. The van der Waals surface area contributed by atoms with Crippen LogP contribution in [0.25, 0.3) is 0 Å². The number of carbonyl (C=O) groups is 1. The Kier molecular flexibility index (Phi) is 2.67. The molecule has 5 heteroatoms. The van der Waals surface area contributed by atoms with E-state index in [-0.39, 0.29) is 6.04 Å². The van der Waals surface area contributed by atoms with Crippen LogP contribution >= 0.6 is 0 Å². The summed E-state index contributed by atoms with van der Waals surface area (Å²) in [6, 6.07) is -1.24. The summed E-state index contributed by atoms with van der Waals surface area (Å²) < 4.78 is 1.56. The molecule has 1 aromatic rings. The molecule has 0 spiro atoms. The number of hydrogen-bond acceptors (Lipinski definition) is 3. The molecule has 1 aromatic heterocycles. The average Bonchev–Trinajstić information content (AvgIpc) is 2.49. The maximum Gasteiger partial charge on any atom is 0.322 e. The van der Waals surface area contributed by atoms with Gasteiger partial charge in [0.1, 0.15) is 6.04 Å². The molecule has 0 saturated carbocycles. The summed E-state index contributed by atoms with van der Waals surface area (Å²) in [5.74, 6) is -1.01. The van der Waals surface area contributed by atoms with Crippen LogP contribution in [0.5, 0.6) is 0 Å². The van der Waals surface area contributed by atoms with Crippen molar-refractivity contribution in [3.63, 3.8) is 0 Å². The van der Waals surface area contributed by atoms with Crippen molar-refractivity contribution in [2.75, 3.05) is 0 Å². The molecule has 0 fully saturated rings. The zero-order valence-corrected chi connectivity index (χ0v) is 7.64. The molecule has 0 aliphatic heterocycles. The number of carboxylic acids is 1. The van der Waals surface area contributed by atoms with Crippen LogP contribution in [-0.4, -0.2) is 26.9 Å². The van der Waals surface area contributed by atoms with Crippen molar-refractivity contribution in [2.24, 2.45) is 5.73 Å². The molecule has 1 rings (SSSR count). The van der Waals surface area contributed by atoms with E-state index in [1.54, 1.807) is 24.0 Å². The van der Waals surface area contributed by atoms with Crippen LogP contribution in [-0.2, 0) is 4.79 Å². The van der Waals surface area contributed by atoms with Crippen LogP contribution in [0.15, 0.2) is 12.4 Å². The Morgan fingerprint density at radius 2 is 2.38 bits per heavy atom. The maximum atomic E-state index is 10.6. The monoisotopic (exact) mass is 183 g/mol. The molecular weight excluding hydrogens is 170 g/mol. The molecule has 0 aliphatic rings. The van der Waals surface area contributed by atoms with Crippen LogP contribution < -0.4 is 5.73 Å². The van der Waals surface area contributed by atoms with Gasteiger partial charge in [-0.15, -0.1) is 0 Å². The third-order valence-electron chi connectivity index (χ3n) is 1.95. The molecule has 0 aromatic carbocycles. The van der Waals surface area contributed by atoms with Crippen LogP contribution in [0.4, 0.5) is 0 Å².